The van der Waals surface area contributed by atoms with Gasteiger partial charge in [0.2, 0.25) is 11.8 Å². The van der Waals surface area contributed by atoms with Crippen LogP contribution in [0.15, 0.2) is 22.4 Å². The molecule has 132 valence electrons. The van der Waals surface area contributed by atoms with Gasteiger partial charge in [0.15, 0.2) is 5.13 Å². The monoisotopic (exact) mass is 375 g/mol. The normalized spacial score (nSPS) is 13.3. The first-order valence-electron chi connectivity index (χ1n) is 8.30. The number of rotatable bonds is 6. The minimum absolute atomic E-state index is 0.0732. The van der Waals surface area contributed by atoms with Crippen molar-refractivity contribution in [3.05, 3.63) is 40.6 Å². The van der Waals surface area contributed by atoms with Crippen molar-refractivity contribution in [3.8, 4) is 0 Å². The number of carbonyl (C=O) groups is 2. The quantitative estimate of drug-likeness (QED) is 0.760. The van der Waals surface area contributed by atoms with Gasteiger partial charge in [-0.05, 0) is 49.3 Å². The maximum atomic E-state index is 12.3. The summed E-state index contributed by atoms with van der Waals surface area (Å²) in [5.41, 5.74) is 9.81. The van der Waals surface area contributed by atoms with Crippen molar-refractivity contribution in [1.82, 2.24) is 4.98 Å². The molecule has 5 nitrogen and oxygen atoms in total. The predicted molar refractivity (Wildman–Crippen MR) is 102 cm³/mol. The van der Waals surface area contributed by atoms with Crippen molar-refractivity contribution < 1.29 is 9.59 Å². The lowest BCUT2D eigenvalue weighted by atomic mass is 9.90. The molecule has 1 aliphatic rings. The minimum atomic E-state index is -0.365. The number of amides is 2. The van der Waals surface area contributed by atoms with Crippen molar-refractivity contribution in [3.63, 3.8) is 0 Å². The van der Waals surface area contributed by atoms with Crippen molar-refractivity contribution in [2.24, 2.45) is 5.73 Å². The molecule has 0 saturated heterocycles. The topological polar surface area (TPSA) is 85.1 Å². The van der Waals surface area contributed by atoms with Gasteiger partial charge < -0.3 is 11.1 Å². The highest BCUT2D eigenvalue weighted by molar-refractivity contribution is 8.01. The number of nitrogens with zero attached hydrogens (tertiary/aromatic N) is 1. The molecule has 25 heavy (non-hydrogen) atoms. The number of thioether (sulfide) groups is 1. The predicted octanol–water partition coefficient (Wildman–Crippen LogP) is 3.09. The molecule has 0 atom stereocenters. The summed E-state index contributed by atoms with van der Waals surface area (Å²) >= 11 is 2.73. The molecule has 0 aliphatic heterocycles. The first kappa shape index (κ1) is 17.9. The highest BCUT2D eigenvalue weighted by Crippen LogP contribution is 2.32. The SMILES string of the molecule is Cc1nc(NC(=O)Cc2ccc3c(c2)CCCC3)sc1SCC(N)=O. The summed E-state index contributed by atoms with van der Waals surface area (Å²) in [7, 11) is 0. The Balaban J connectivity index is 1.61. The van der Waals surface area contributed by atoms with Crippen LogP contribution < -0.4 is 11.1 Å². The molecule has 1 aliphatic carbocycles. The molecule has 1 aromatic heterocycles. The molecule has 0 fully saturated rings. The molecule has 1 aromatic carbocycles. The molecule has 7 heteroatoms. The lowest BCUT2D eigenvalue weighted by molar-refractivity contribution is -0.116. The second-order valence-corrected chi connectivity index (χ2v) is 8.43. The minimum Gasteiger partial charge on any atom is -0.369 e. The number of nitrogens with one attached hydrogen (secondary N) is 1. The number of hydrogen-bond donors (Lipinski definition) is 2. The number of anilines is 1. The molecule has 1 heterocycles. The molecule has 2 amide bonds. The second-order valence-electron chi connectivity index (χ2n) is 6.18. The van der Waals surface area contributed by atoms with Gasteiger partial charge in [0.25, 0.3) is 0 Å². The number of nitrogens with two attached hydrogens (primary N) is 1. The van der Waals surface area contributed by atoms with E-state index < -0.39 is 0 Å². The van der Waals surface area contributed by atoms with Crippen molar-refractivity contribution >= 4 is 40.0 Å². The van der Waals surface area contributed by atoms with E-state index in [1.54, 1.807) is 0 Å². The van der Waals surface area contributed by atoms with Gasteiger partial charge in [-0.15, -0.1) is 11.8 Å². The summed E-state index contributed by atoms with van der Waals surface area (Å²) in [6, 6.07) is 6.36. The largest absolute Gasteiger partial charge is 0.369 e. The third kappa shape index (κ3) is 4.83. The first-order valence-corrected chi connectivity index (χ1v) is 10.1. The number of hydrogen-bond acceptors (Lipinski definition) is 5. The van der Waals surface area contributed by atoms with Gasteiger partial charge in [-0.3, -0.25) is 9.59 Å². The number of aryl methyl sites for hydroxylation is 3. The van der Waals surface area contributed by atoms with Crippen LogP contribution in [0.25, 0.3) is 0 Å². The van der Waals surface area contributed by atoms with E-state index in [-0.39, 0.29) is 17.6 Å². The molecule has 0 unspecified atom stereocenters. The van der Waals surface area contributed by atoms with Crippen LogP contribution in [0.5, 0.6) is 0 Å². The zero-order valence-electron chi connectivity index (χ0n) is 14.1. The van der Waals surface area contributed by atoms with E-state index in [4.69, 9.17) is 5.73 Å². The number of carbonyl (C=O) groups excluding carboxylic acids is 2. The zero-order chi connectivity index (χ0) is 17.8. The van der Waals surface area contributed by atoms with E-state index in [2.05, 4.69) is 22.4 Å². The number of fused-ring (bicyclic) bond motifs is 1. The van der Waals surface area contributed by atoms with Crippen LogP contribution in [0.2, 0.25) is 0 Å². The summed E-state index contributed by atoms with van der Waals surface area (Å²) in [6.07, 6.45) is 5.08. The Bertz CT molecular complexity index is 802. The molecular formula is C18H21N3O2S2. The fourth-order valence-electron chi connectivity index (χ4n) is 2.95. The van der Waals surface area contributed by atoms with Crippen LogP contribution in [-0.4, -0.2) is 22.6 Å². The van der Waals surface area contributed by atoms with Gasteiger partial charge >= 0.3 is 0 Å². The van der Waals surface area contributed by atoms with E-state index in [1.807, 2.05) is 13.0 Å². The van der Waals surface area contributed by atoms with Gasteiger partial charge in [0.1, 0.15) is 0 Å². The summed E-state index contributed by atoms with van der Waals surface area (Å²) in [5.74, 6) is -0.224. The van der Waals surface area contributed by atoms with Crippen molar-refractivity contribution in [2.45, 2.75) is 43.2 Å². The molecule has 2 aromatic rings. The summed E-state index contributed by atoms with van der Waals surface area (Å²) < 4.78 is 0.905. The maximum absolute atomic E-state index is 12.3. The molecule has 0 bridgehead atoms. The Morgan fingerprint density at radius 1 is 1.28 bits per heavy atom. The zero-order valence-corrected chi connectivity index (χ0v) is 15.8. The van der Waals surface area contributed by atoms with Crippen molar-refractivity contribution in [1.29, 1.82) is 0 Å². The standard InChI is InChI=1S/C18H21N3O2S2/c1-11-17(24-10-15(19)22)25-18(20-11)21-16(23)9-12-6-7-13-4-2-3-5-14(13)8-12/h6-8H,2-5,9-10H2,1H3,(H2,19,22)(H,20,21,23). The number of primary amides is 1. The van der Waals surface area contributed by atoms with Crippen LogP contribution in [0.3, 0.4) is 0 Å². The Labute approximate surface area is 155 Å². The van der Waals surface area contributed by atoms with E-state index in [1.165, 1.54) is 47.1 Å². The van der Waals surface area contributed by atoms with Gasteiger partial charge in [-0.1, -0.05) is 29.5 Å². The lowest BCUT2D eigenvalue weighted by Gasteiger charge is -2.16. The molecule has 0 radical (unpaired) electrons. The van der Waals surface area contributed by atoms with Gasteiger partial charge in [-0.2, -0.15) is 0 Å². The maximum Gasteiger partial charge on any atom is 0.230 e. The molecule has 3 N–H and O–H groups in total. The Kier molecular flexibility index (Phi) is 5.75. The average Bonchev–Trinajstić information content (AvgIpc) is 2.92. The van der Waals surface area contributed by atoms with E-state index in [9.17, 15) is 9.59 Å². The summed E-state index contributed by atoms with van der Waals surface area (Å²) in [5, 5.41) is 3.42. The smallest absolute Gasteiger partial charge is 0.230 e. The molecule has 3 rings (SSSR count). The second kappa shape index (κ2) is 8.01. The van der Waals surface area contributed by atoms with Crippen LogP contribution >= 0.6 is 23.1 Å². The van der Waals surface area contributed by atoms with Crippen LogP contribution in [0.1, 0.15) is 35.2 Å². The average molecular weight is 376 g/mol. The number of aromatic nitrogens is 1. The lowest BCUT2D eigenvalue weighted by Crippen LogP contribution is -2.15. The third-order valence-electron chi connectivity index (χ3n) is 4.12. The Morgan fingerprint density at radius 3 is 2.80 bits per heavy atom. The molecule has 0 spiro atoms. The summed E-state index contributed by atoms with van der Waals surface area (Å²) in [4.78, 5) is 27.6. The Morgan fingerprint density at radius 2 is 2.04 bits per heavy atom. The fraction of sp³-hybridized carbons (Fsp3) is 0.389. The number of thiazole rings is 1. The van der Waals surface area contributed by atoms with Gasteiger partial charge in [0, 0.05) is 0 Å². The van der Waals surface area contributed by atoms with E-state index in [0.29, 0.717) is 11.6 Å². The van der Waals surface area contributed by atoms with Gasteiger partial charge in [-0.25, -0.2) is 4.98 Å². The highest BCUT2D eigenvalue weighted by Gasteiger charge is 2.14. The van der Waals surface area contributed by atoms with Crippen LogP contribution in [0, 0.1) is 6.92 Å². The number of benzene rings is 1. The van der Waals surface area contributed by atoms with E-state index >= 15 is 0 Å². The first-order chi connectivity index (χ1) is 12.0. The third-order valence-corrected chi connectivity index (χ3v) is 6.58. The van der Waals surface area contributed by atoms with Crippen LogP contribution in [-0.2, 0) is 28.9 Å². The summed E-state index contributed by atoms with van der Waals surface area (Å²) in [6.45, 7) is 1.86. The Hall–Kier alpha value is -1.86. The van der Waals surface area contributed by atoms with Crippen molar-refractivity contribution in [2.75, 3.05) is 11.1 Å². The molecular weight excluding hydrogens is 354 g/mol. The molecule has 0 saturated carbocycles. The fourth-order valence-corrected chi connectivity index (χ4v) is 4.85. The van der Waals surface area contributed by atoms with Gasteiger partial charge in [0.05, 0.1) is 22.1 Å². The van der Waals surface area contributed by atoms with Crippen LogP contribution in [0.4, 0.5) is 5.13 Å². The highest BCUT2D eigenvalue weighted by atomic mass is 32.2. The van der Waals surface area contributed by atoms with E-state index in [0.717, 1.165) is 28.3 Å².